The number of hydrogen-bond acceptors (Lipinski definition) is 2. The number of likely N-dealkylation sites (N-methyl/N-ethyl adjacent to an activating group) is 1. The van der Waals surface area contributed by atoms with E-state index >= 15 is 0 Å². The highest BCUT2D eigenvalue weighted by atomic mass is 16.3. The van der Waals surface area contributed by atoms with Gasteiger partial charge in [0.05, 0.1) is 6.10 Å². The lowest BCUT2D eigenvalue weighted by Crippen LogP contribution is -2.28. The molecule has 2 aromatic carbocycles. The Morgan fingerprint density at radius 1 is 1.05 bits per heavy atom. The Morgan fingerprint density at radius 3 is 2.45 bits per heavy atom. The molecule has 0 bridgehead atoms. The van der Waals surface area contributed by atoms with Gasteiger partial charge in [-0.3, -0.25) is 0 Å². The molecule has 0 spiro atoms. The van der Waals surface area contributed by atoms with Crippen LogP contribution in [0.4, 0.5) is 0 Å². The van der Waals surface area contributed by atoms with Gasteiger partial charge in [-0.1, -0.05) is 44.2 Å². The van der Waals surface area contributed by atoms with Gasteiger partial charge in [-0.05, 0) is 66.2 Å². The number of aliphatic hydroxyl groups excluding tert-OH is 1. The van der Waals surface area contributed by atoms with Gasteiger partial charge in [0.2, 0.25) is 0 Å². The van der Waals surface area contributed by atoms with E-state index < -0.39 is 6.10 Å². The maximum atomic E-state index is 10.8. The molecule has 0 radical (unpaired) electrons. The van der Waals surface area contributed by atoms with E-state index in [1.54, 1.807) is 0 Å². The number of rotatable bonds is 5. The van der Waals surface area contributed by atoms with Gasteiger partial charge < -0.3 is 10.0 Å². The molecule has 0 fully saturated rings. The molecule has 118 valence electrons. The maximum Gasteiger partial charge on any atom is 0.0923 e. The van der Waals surface area contributed by atoms with Gasteiger partial charge in [-0.25, -0.2) is 0 Å². The van der Waals surface area contributed by atoms with Crippen LogP contribution in [0, 0.1) is 0 Å². The van der Waals surface area contributed by atoms with E-state index in [0.717, 1.165) is 31.6 Å². The van der Waals surface area contributed by atoms with E-state index in [0.29, 0.717) is 0 Å². The lowest BCUT2D eigenvalue weighted by atomic mass is 9.84. The van der Waals surface area contributed by atoms with Crippen molar-refractivity contribution < 1.29 is 5.11 Å². The molecular weight excluding hydrogens is 270 g/mol. The molecular formula is C20H27NO. The minimum atomic E-state index is -0.406. The van der Waals surface area contributed by atoms with Gasteiger partial charge >= 0.3 is 0 Å². The zero-order valence-electron chi connectivity index (χ0n) is 13.8. The Labute approximate surface area is 133 Å². The molecule has 22 heavy (non-hydrogen) atoms. The molecule has 0 saturated carbocycles. The fourth-order valence-corrected chi connectivity index (χ4v) is 3.76. The second-order valence-electron chi connectivity index (χ2n) is 6.36. The zero-order valence-corrected chi connectivity index (χ0v) is 13.8. The molecule has 0 amide bonds. The molecule has 0 saturated heterocycles. The molecule has 0 aliphatic heterocycles. The summed E-state index contributed by atoms with van der Waals surface area (Å²) >= 11 is 0. The van der Waals surface area contributed by atoms with Gasteiger partial charge in [0.25, 0.3) is 0 Å². The van der Waals surface area contributed by atoms with E-state index in [1.807, 2.05) is 0 Å². The first kappa shape index (κ1) is 15.5. The Balaban J connectivity index is 2.05. The summed E-state index contributed by atoms with van der Waals surface area (Å²) in [6.45, 7) is 6.99. The molecule has 1 aliphatic rings. The highest BCUT2D eigenvalue weighted by Crippen LogP contribution is 2.34. The number of aryl methyl sites for hydroxylation is 2. The van der Waals surface area contributed by atoms with Crippen LogP contribution in [-0.2, 0) is 12.8 Å². The van der Waals surface area contributed by atoms with E-state index in [-0.39, 0.29) is 0 Å². The lowest BCUT2D eigenvalue weighted by Gasteiger charge is -2.26. The van der Waals surface area contributed by atoms with Crippen LogP contribution in [0.15, 0.2) is 30.3 Å². The average molecular weight is 297 g/mol. The largest absolute Gasteiger partial charge is 0.387 e. The predicted octanol–water partition coefficient (Wildman–Crippen LogP) is 4.09. The van der Waals surface area contributed by atoms with Gasteiger partial charge in [0, 0.05) is 6.54 Å². The van der Waals surface area contributed by atoms with Crippen molar-refractivity contribution in [2.75, 3.05) is 19.6 Å². The van der Waals surface area contributed by atoms with E-state index in [4.69, 9.17) is 0 Å². The molecule has 3 rings (SSSR count). The third-order valence-corrected chi connectivity index (χ3v) is 5.09. The molecule has 0 heterocycles. The number of nitrogens with zero attached hydrogens (tertiary/aromatic N) is 1. The van der Waals surface area contributed by atoms with Crippen LogP contribution in [0.1, 0.15) is 49.5 Å². The molecule has 1 N–H and O–H groups in total. The molecule has 2 heteroatoms. The lowest BCUT2D eigenvalue weighted by molar-refractivity contribution is 0.120. The van der Waals surface area contributed by atoms with Gasteiger partial charge in [0.1, 0.15) is 0 Å². The first-order valence-corrected chi connectivity index (χ1v) is 8.68. The third-order valence-electron chi connectivity index (χ3n) is 5.09. The summed E-state index contributed by atoms with van der Waals surface area (Å²) in [4.78, 5) is 2.29. The van der Waals surface area contributed by atoms with Gasteiger partial charge in [-0.15, -0.1) is 0 Å². The number of benzene rings is 2. The highest BCUT2D eigenvalue weighted by Gasteiger charge is 2.19. The van der Waals surface area contributed by atoms with Crippen LogP contribution in [-0.4, -0.2) is 29.6 Å². The highest BCUT2D eigenvalue weighted by molar-refractivity contribution is 5.90. The van der Waals surface area contributed by atoms with Crippen LogP contribution >= 0.6 is 0 Å². The molecule has 0 unspecified atom stereocenters. The summed E-state index contributed by atoms with van der Waals surface area (Å²) in [6, 6.07) is 10.9. The molecule has 1 aliphatic carbocycles. The Morgan fingerprint density at radius 2 is 1.73 bits per heavy atom. The average Bonchev–Trinajstić information content (AvgIpc) is 2.58. The van der Waals surface area contributed by atoms with Gasteiger partial charge in [-0.2, -0.15) is 0 Å². The van der Waals surface area contributed by atoms with Crippen molar-refractivity contribution in [1.82, 2.24) is 4.90 Å². The number of aliphatic hydroxyl groups is 1. The van der Waals surface area contributed by atoms with Crippen molar-refractivity contribution in [1.29, 1.82) is 0 Å². The van der Waals surface area contributed by atoms with Crippen molar-refractivity contribution in [3.05, 3.63) is 47.0 Å². The van der Waals surface area contributed by atoms with Crippen molar-refractivity contribution in [2.24, 2.45) is 0 Å². The summed E-state index contributed by atoms with van der Waals surface area (Å²) in [6.07, 6.45) is 4.50. The zero-order chi connectivity index (χ0) is 15.5. The van der Waals surface area contributed by atoms with E-state index in [2.05, 4.69) is 49.1 Å². The third kappa shape index (κ3) is 2.90. The van der Waals surface area contributed by atoms with Crippen LogP contribution in [0.25, 0.3) is 10.8 Å². The summed E-state index contributed by atoms with van der Waals surface area (Å²) < 4.78 is 0. The molecule has 2 aromatic rings. The smallest absolute Gasteiger partial charge is 0.0923 e. The first-order chi connectivity index (χ1) is 10.7. The maximum absolute atomic E-state index is 10.8. The molecule has 2 nitrogen and oxygen atoms in total. The van der Waals surface area contributed by atoms with Crippen LogP contribution in [0.3, 0.4) is 0 Å². The molecule has 1 atom stereocenters. The second kappa shape index (κ2) is 6.80. The Kier molecular flexibility index (Phi) is 4.80. The standard InChI is InChI=1S/C20H27NO/c1-3-21(4-2)14-20(22)19-13-15-9-5-6-10-16(15)17-11-7-8-12-18(17)19/h7-8,11-13,20,22H,3-6,9-10,14H2,1-2H3/t20-/m1/s1. The fourth-order valence-electron chi connectivity index (χ4n) is 3.76. The quantitative estimate of drug-likeness (QED) is 0.898. The second-order valence-corrected chi connectivity index (χ2v) is 6.36. The monoisotopic (exact) mass is 297 g/mol. The first-order valence-electron chi connectivity index (χ1n) is 8.68. The van der Waals surface area contributed by atoms with Crippen molar-refractivity contribution >= 4 is 10.8 Å². The van der Waals surface area contributed by atoms with Crippen LogP contribution in [0.2, 0.25) is 0 Å². The van der Waals surface area contributed by atoms with Crippen molar-refractivity contribution in [3.63, 3.8) is 0 Å². The predicted molar refractivity (Wildman–Crippen MR) is 93.3 cm³/mol. The number of hydrogen-bond donors (Lipinski definition) is 1. The minimum absolute atomic E-state index is 0.406. The van der Waals surface area contributed by atoms with Crippen molar-refractivity contribution in [3.8, 4) is 0 Å². The SMILES string of the molecule is CCN(CC)C[C@@H](O)c1cc2c(c3ccccc13)CCCC2. The number of fused-ring (bicyclic) bond motifs is 3. The normalized spacial score (nSPS) is 16.0. The minimum Gasteiger partial charge on any atom is -0.387 e. The summed E-state index contributed by atoms with van der Waals surface area (Å²) in [5.41, 5.74) is 4.09. The summed E-state index contributed by atoms with van der Waals surface area (Å²) in [7, 11) is 0. The van der Waals surface area contributed by atoms with E-state index in [1.165, 1.54) is 41.2 Å². The Bertz CT molecular complexity index is 645. The topological polar surface area (TPSA) is 23.5 Å². The summed E-state index contributed by atoms with van der Waals surface area (Å²) in [5.74, 6) is 0. The van der Waals surface area contributed by atoms with Crippen LogP contribution < -0.4 is 0 Å². The fraction of sp³-hybridized carbons (Fsp3) is 0.500. The Hall–Kier alpha value is -1.38. The summed E-state index contributed by atoms with van der Waals surface area (Å²) in [5, 5.41) is 13.4. The molecule has 0 aromatic heterocycles. The van der Waals surface area contributed by atoms with Crippen LogP contribution in [0.5, 0.6) is 0 Å². The van der Waals surface area contributed by atoms with Gasteiger partial charge in [0.15, 0.2) is 0 Å². The van der Waals surface area contributed by atoms with E-state index in [9.17, 15) is 5.11 Å². The van der Waals surface area contributed by atoms with Crippen molar-refractivity contribution in [2.45, 2.75) is 45.6 Å².